The first-order chi connectivity index (χ1) is 13.9. The molecular formula is C22H32IN3O3S. The fourth-order valence-electron chi connectivity index (χ4n) is 2.78. The summed E-state index contributed by atoms with van der Waals surface area (Å²) in [7, 11) is -2.97. The molecule has 0 aliphatic carbocycles. The average molecular weight is 545 g/mol. The van der Waals surface area contributed by atoms with Gasteiger partial charge in [-0.15, -0.1) is 24.0 Å². The van der Waals surface area contributed by atoms with Crippen LogP contribution in [-0.2, 0) is 9.84 Å². The van der Waals surface area contributed by atoms with Crippen molar-refractivity contribution in [2.75, 3.05) is 31.7 Å². The normalized spacial score (nSPS) is 12.6. The van der Waals surface area contributed by atoms with E-state index in [4.69, 9.17) is 4.74 Å². The summed E-state index contributed by atoms with van der Waals surface area (Å²) >= 11 is 0. The van der Waals surface area contributed by atoms with Crippen LogP contribution in [0.15, 0.2) is 59.6 Å². The van der Waals surface area contributed by atoms with Crippen LogP contribution in [0.4, 0.5) is 0 Å². The molecule has 166 valence electrons. The number of nitrogens with one attached hydrogen (secondary N) is 2. The van der Waals surface area contributed by atoms with Gasteiger partial charge in [-0.25, -0.2) is 13.4 Å². The van der Waals surface area contributed by atoms with Gasteiger partial charge in [-0.3, -0.25) is 0 Å². The summed E-state index contributed by atoms with van der Waals surface area (Å²) in [5.74, 6) is 1.64. The predicted molar refractivity (Wildman–Crippen MR) is 136 cm³/mol. The lowest BCUT2D eigenvalue weighted by molar-refractivity contribution is 0.329. The standard InChI is InChI=1S/C22H31N3O3S.HI/c1-4-23-22(25-18(2)14-17-29(3,26)27)24-15-16-28-21-13-9-8-12-20(21)19-10-6-5-7-11-19;/h5-13,18H,4,14-17H2,1-3H3,(H2,23,24,25);1H. The number of sulfone groups is 1. The van der Waals surface area contributed by atoms with Crippen LogP contribution in [0, 0.1) is 0 Å². The first-order valence-electron chi connectivity index (χ1n) is 9.89. The topological polar surface area (TPSA) is 79.8 Å². The molecule has 0 fully saturated rings. The van der Waals surface area contributed by atoms with Crippen LogP contribution in [0.5, 0.6) is 5.75 Å². The minimum atomic E-state index is -2.97. The molecule has 0 heterocycles. The van der Waals surface area contributed by atoms with Crippen molar-refractivity contribution in [3.8, 4) is 16.9 Å². The van der Waals surface area contributed by atoms with Crippen molar-refractivity contribution in [3.63, 3.8) is 0 Å². The lowest BCUT2D eigenvalue weighted by atomic mass is 10.1. The summed E-state index contributed by atoms with van der Waals surface area (Å²) in [5, 5.41) is 6.43. The number of nitrogens with zero attached hydrogens (tertiary/aromatic N) is 1. The highest BCUT2D eigenvalue weighted by Gasteiger charge is 2.09. The van der Waals surface area contributed by atoms with Gasteiger partial charge < -0.3 is 15.4 Å². The first-order valence-corrected chi connectivity index (χ1v) is 11.9. The molecule has 2 N–H and O–H groups in total. The Bertz CT molecular complexity index is 890. The van der Waals surface area contributed by atoms with E-state index in [9.17, 15) is 8.42 Å². The highest BCUT2D eigenvalue weighted by Crippen LogP contribution is 2.29. The molecule has 0 amide bonds. The van der Waals surface area contributed by atoms with E-state index >= 15 is 0 Å². The van der Waals surface area contributed by atoms with Gasteiger partial charge in [-0.2, -0.15) is 0 Å². The van der Waals surface area contributed by atoms with E-state index in [1.807, 2.05) is 56.3 Å². The molecule has 0 aliphatic rings. The SMILES string of the molecule is CCNC(=NCCOc1ccccc1-c1ccccc1)NC(C)CCS(C)(=O)=O.I. The van der Waals surface area contributed by atoms with Gasteiger partial charge in [0.15, 0.2) is 5.96 Å². The lowest BCUT2D eigenvalue weighted by Gasteiger charge is -2.17. The Balaban J connectivity index is 0.00000450. The van der Waals surface area contributed by atoms with Crippen LogP contribution < -0.4 is 15.4 Å². The van der Waals surface area contributed by atoms with Crippen LogP contribution in [-0.4, -0.2) is 52.1 Å². The third-order valence-electron chi connectivity index (χ3n) is 4.24. The molecule has 0 saturated carbocycles. The van der Waals surface area contributed by atoms with Crippen molar-refractivity contribution in [3.05, 3.63) is 54.6 Å². The number of halogens is 1. The van der Waals surface area contributed by atoms with Crippen LogP contribution in [0.3, 0.4) is 0 Å². The minimum Gasteiger partial charge on any atom is -0.491 e. The summed E-state index contributed by atoms with van der Waals surface area (Å²) < 4.78 is 28.6. The second-order valence-corrected chi connectivity index (χ2v) is 9.19. The van der Waals surface area contributed by atoms with E-state index in [0.29, 0.717) is 25.5 Å². The van der Waals surface area contributed by atoms with Gasteiger partial charge >= 0.3 is 0 Å². The second-order valence-electron chi connectivity index (χ2n) is 6.94. The van der Waals surface area contributed by atoms with Gasteiger partial charge in [0.05, 0.1) is 12.3 Å². The molecule has 0 saturated heterocycles. The van der Waals surface area contributed by atoms with E-state index in [1.165, 1.54) is 6.26 Å². The van der Waals surface area contributed by atoms with Crippen molar-refractivity contribution in [2.24, 2.45) is 4.99 Å². The Morgan fingerprint density at radius 1 is 1.10 bits per heavy atom. The van der Waals surface area contributed by atoms with Gasteiger partial charge in [-0.05, 0) is 31.9 Å². The molecule has 2 aromatic carbocycles. The van der Waals surface area contributed by atoms with Crippen molar-refractivity contribution in [2.45, 2.75) is 26.3 Å². The molecule has 0 aliphatic heterocycles. The Hall–Kier alpha value is -1.81. The Morgan fingerprint density at radius 3 is 2.43 bits per heavy atom. The van der Waals surface area contributed by atoms with Crippen molar-refractivity contribution < 1.29 is 13.2 Å². The maximum absolute atomic E-state index is 11.3. The smallest absolute Gasteiger partial charge is 0.191 e. The number of ether oxygens (including phenoxy) is 1. The molecule has 1 unspecified atom stereocenters. The van der Waals surface area contributed by atoms with E-state index in [2.05, 4.69) is 27.8 Å². The molecule has 1 atom stereocenters. The van der Waals surface area contributed by atoms with Gasteiger partial charge in [0.1, 0.15) is 22.2 Å². The van der Waals surface area contributed by atoms with E-state index in [-0.39, 0.29) is 35.8 Å². The molecule has 0 spiro atoms. The number of hydrogen-bond donors (Lipinski definition) is 2. The van der Waals surface area contributed by atoms with Gasteiger partial charge in [0.25, 0.3) is 0 Å². The van der Waals surface area contributed by atoms with Crippen LogP contribution >= 0.6 is 24.0 Å². The zero-order valence-electron chi connectivity index (χ0n) is 17.8. The molecule has 6 nitrogen and oxygen atoms in total. The molecule has 2 rings (SSSR count). The Morgan fingerprint density at radius 2 is 1.77 bits per heavy atom. The third kappa shape index (κ3) is 9.80. The van der Waals surface area contributed by atoms with Crippen LogP contribution in [0.25, 0.3) is 11.1 Å². The Labute approximate surface area is 197 Å². The average Bonchev–Trinajstić information content (AvgIpc) is 2.70. The molecule has 0 radical (unpaired) electrons. The summed E-state index contributed by atoms with van der Waals surface area (Å²) in [6.07, 6.45) is 1.79. The number of hydrogen-bond acceptors (Lipinski definition) is 4. The summed E-state index contributed by atoms with van der Waals surface area (Å²) in [6.45, 7) is 5.59. The van der Waals surface area contributed by atoms with Crippen molar-refractivity contribution in [1.29, 1.82) is 0 Å². The van der Waals surface area contributed by atoms with E-state index in [0.717, 1.165) is 23.4 Å². The summed E-state index contributed by atoms with van der Waals surface area (Å²) in [5.41, 5.74) is 2.16. The van der Waals surface area contributed by atoms with Gasteiger partial charge in [0.2, 0.25) is 0 Å². The zero-order valence-corrected chi connectivity index (χ0v) is 20.9. The summed E-state index contributed by atoms with van der Waals surface area (Å²) in [4.78, 5) is 4.54. The second kappa shape index (κ2) is 13.5. The summed E-state index contributed by atoms with van der Waals surface area (Å²) in [6, 6.07) is 18.1. The Kier molecular flexibility index (Phi) is 11.8. The molecular weight excluding hydrogens is 513 g/mol. The fourth-order valence-corrected chi connectivity index (χ4v) is 3.56. The largest absolute Gasteiger partial charge is 0.491 e. The third-order valence-corrected chi connectivity index (χ3v) is 5.22. The molecule has 0 bridgehead atoms. The maximum atomic E-state index is 11.3. The number of rotatable bonds is 10. The zero-order chi connectivity index (χ0) is 21.1. The van der Waals surface area contributed by atoms with Gasteiger partial charge in [-0.1, -0.05) is 48.5 Å². The quantitative estimate of drug-likeness (QED) is 0.206. The molecule has 2 aromatic rings. The molecule has 8 heteroatoms. The maximum Gasteiger partial charge on any atom is 0.191 e. The highest BCUT2D eigenvalue weighted by molar-refractivity contribution is 14.0. The van der Waals surface area contributed by atoms with Crippen LogP contribution in [0.1, 0.15) is 20.3 Å². The van der Waals surface area contributed by atoms with Gasteiger partial charge in [0, 0.05) is 24.4 Å². The highest BCUT2D eigenvalue weighted by atomic mass is 127. The number of guanidine groups is 1. The molecule has 30 heavy (non-hydrogen) atoms. The fraction of sp³-hybridized carbons (Fsp3) is 0.409. The van der Waals surface area contributed by atoms with Crippen LogP contribution in [0.2, 0.25) is 0 Å². The number of benzene rings is 2. The van der Waals surface area contributed by atoms with Crippen molar-refractivity contribution in [1.82, 2.24) is 10.6 Å². The van der Waals surface area contributed by atoms with Crippen molar-refractivity contribution >= 4 is 39.8 Å². The number of aliphatic imine (C=N–C) groups is 1. The van der Waals surface area contributed by atoms with E-state index < -0.39 is 9.84 Å². The monoisotopic (exact) mass is 545 g/mol. The predicted octanol–water partition coefficient (Wildman–Crippen LogP) is 3.73. The number of para-hydroxylation sites is 1. The minimum absolute atomic E-state index is 0. The van der Waals surface area contributed by atoms with E-state index in [1.54, 1.807) is 0 Å². The first kappa shape index (κ1) is 26.2. The lowest BCUT2D eigenvalue weighted by Crippen LogP contribution is -2.43. The molecule has 0 aromatic heterocycles.